The van der Waals surface area contributed by atoms with E-state index in [-0.39, 0.29) is 21.7 Å². The highest BCUT2D eigenvalue weighted by molar-refractivity contribution is 7.92. The number of hydrogen-bond acceptors (Lipinski definition) is 3. The van der Waals surface area contributed by atoms with Crippen LogP contribution in [0.15, 0.2) is 59.5 Å². The van der Waals surface area contributed by atoms with Crippen LogP contribution in [0.25, 0.3) is 0 Å². The number of sulfonamides is 1. The van der Waals surface area contributed by atoms with Gasteiger partial charge in [0.05, 0.1) is 10.6 Å². The van der Waals surface area contributed by atoms with Gasteiger partial charge in [0, 0.05) is 23.4 Å². The van der Waals surface area contributed by atoms with Crippen molar-refractivity contribution in [1.82, 2.24) is 0 Å². The third-order valence-corrected chi connectivity index (χ3v) is 5.48. The fourth-order valence-electron chi connectivity index (χ4n) is 2.50. The van der Waals surface area contributed by atoms with Gasteiger partial charge < -0.3 is 5.32 Å². The molecule has 30 heavy (non-hydrogen) atoms. The zero-order valence-electron chi connectivity index (χ0n) is 15.3. The Kier molecular flexibility index (Phi) is 5.79. The summed E-state index contributed by atoms with van der Waals surface area (Å²) in [4.78, 5) is 12.0. The van der Waals surface area contributed by atoms with E-state index in [4.69, 9.17) is 0 Å². The van der Waals surface area contributed by atoms with Gasteiger partial charge in [0.15, 0.2) is 11.6 Å². The van der Waals surface area contributed by atoms with Crippen molar-refractivity contribution in [2.45, 2.75) is 11.8 Å². The first-order chi connectivity index (χ1) is 14.1. The summed E-state index contributed by atoms with van der Waals surface area (Å²) >= 11 is 0. The second-order valence-corrected chi connectivity index (χ2v) is 7.98. The minimum absolute atomic E-state index is 0.0136. The summed E-state index contributed by atoms with van der Waals surface area (Å²) in [6.45, 7) is 1.43. The third-order valence-electron chi connectivity index (χ3n) is 4.10. The molecule has 0 saturated heterocycles. The molecule has 156 valence electrons. The lowest BCUT2D eigenvalue weighted by atomic mass is 10.2. The topological polar surface area (TPSA) is 75.3 Å². The van der Waals surface area contributed by atoms with Crippen molar-refractivity contribution in [1.29, 1.82) is 0 Å². The summed E-state index contributed by atoms with van der Waals surface area (Å²) in [6.07, 6.45) is 0. The van der Waals surface area contributed by atoms with Gasteiger partial charge in [0.2, 0.25) is 0 Å². The minimum Gasteiger partial charge on any atom is -0.319 e. The predicted octanol–water partition coefficient (Wildman–Crippen LogP) is 4.60. The molecule has 3 rings (SSSR count). The van der Waals surface area contributed by atoms with E-state index < -0.39 is 44.9 Å². The molecule has 0 aliphatic rings. The summed E-state index contributed by atoms with van der Waals surface area (Å²) in [7, 11) is -3.99. The van der Waals surface area contributed by atoms with Gasteiger partial charge in [0.25, 0.3) is 15.9 Å². The maximum atomic E-state index is 13.6. The van der Waals surface area contributed by atoms with Crippen LogP contribution in [-0.2, 0) is 10.0 Å². The maximum absolute atomic E-state index is 13.6. The average Bonchev–Trinajstić information content (AvgIpc) is 2.68. The Labute approximate surface area is 169 Å². The lowest BCUT2D eigenvalue weighted by Gasteiger charge is -2.10. The standard InChI is InChI=1S/C20H14F4N2O3S/c1-11-8-14(6-7-15(11)21)30(28,29)26-13-4-2-12(3-5-13)20(27)25-19-10-17(23)16(22)9-18(19)24/h2-10,26H,1H3,(H,25,27). The molecule has 0 aliphatic heterocycles. The molecule has 0 aliphatic carbocycles. The number of benzene rings is 3. The Morgan fingerprint density at radius 2 is 1.43 bits per heavy atom. The van der Waals surface area contributed by atoms with Crippen molar-refractivity contribution in [2.24, 2.45) is 0 Å². The molecule has 0 saturated carbocycles. The van der Waals surface area contributed by atoms with E-state index >= 15 is 0 Å². The Bertz CT molecular complexity index is 1230. The molecule has 10 heteroatoms. The summed E-state index contributed by atoms with van der Waals surface area (Å²) < 4.78 is 80.3. The van der Waals surface area contributed by atoms with Gasteiger partial charge >= 0.3 is 0 Å². The van der Waals surface area contributed by atoms with Gasteiger partial charge in [-0.3, -0.25) is 9.52 Å². The van der Waals surface area contributed by atoms with Gasteiger partial charge in [-0.15, -0.1) is 0 Å². The fourth-order valence-corrected chi connectivity index (χ4v) is 3.64. The van der Waals surface area contributed by atoms with Crippen molar-refractivity contribution < 1.29 is 30.8 Å². The zero-order valence-corrected chi connectivity index (χ0v) is 16.2. The quantitative estimate of drug-likeness (QED) is 0.452. The van der Waals surface area contributed by atoms with E-state index in [1.165, 1.54) is 37.3 Å². The second kappa shape index (κ2) is 8.15. The van der Waals surface area contributed by atoms with Crippen molar-refractivity contribution >= 4 is 27.3 Å². The minimum atomic E-state index is -3.99. The lowest BCUT2D eigenvalue weighted by Crippen LogP contribution is -2.15. The molecular weight excluding hydrogens is 424 g/mol. The van der Waals surface area contributed by atoms with Crippen LogP contribution >= 0.6 is 0 Å². The number of nitrogens with one attached hydrogen (secondary N) is 2. The van der Waals surface area contributed by atoms with Crippen molar-refractivity contribution in [3.8, 4) is 0 Å². The highest BCUT2D eigenvalue weighted by Crippen LogP contribution is 2.21. The van der Waals surface area contributed by atoms with Crippen LogP contribution in [0.2, 0.25) is 0 Å². The molecule has 1 amide bonds. The molecule has 3 aromatic rings. The van der Waals surface area contributed by atoms with Gasteiger partial charge in [-0.05, 0) is 55.0 Å². The highest BCUT2D eigenvalue weighted by atomic mass is 32.2. The highest BCUT2D eigenvalue weighted by Gasteiger charge is 2.17. The van der Waals surface area contributed by atoms with E-state index in [2.05, 4.69) is 10.0 Å². The lowest BCUT2D eigenvalue weighted by molar-refractivity contribution is 0.102. The van der Waals surface area contributed by atoms with Crippen LogP contribution in [-0.4, -0.2) is 14.3 Å². The third kappa shape index (κ3) is 4.60. The Balaban J connectivity index is 1.75. The van der Waals surface area contributed by atoms with Crippen molar-refractivity contribution in [2.75, 3.05) is 10.0 Å². The Hall–Kier alpha value is -3.40. The molecule has 3 aromatic carbocycles. The van der Waals surface area contributed by atoms with Crippen LogP contribution in [0, 0.1) is 30.2 Å². The molecular formula is C20H14F4N2O3S. The average molecular weight is 438 g/mol. The molecule has 0 unspecified atom stereocenters. The molecule has 0 atom stereocenters. The Morgan fingerprint density at radius 1 is 0.800 bits per heavy atom. The number of rotatable bonds is 5. The van der Waals surface area contributed by atoms with Crippen molar-refractivity contribution in [3.63, 3.8) is 0 Å². The first-order valence-electron chi connectivity index (χ1n) is 8.42. The number of amides is 1. The molecule has 0 radical (unpaired) electrons. The van der Waals surface area contributed by atoms with E-state index in [1.54, 1.807) is 0 Å². The first kappa shape index (κ1) is 21.3. The monoisotopic (exact) mass is 438 g/mol. The number of aryl methyl sites for hydroxylation is 1. The van der Waals surface area contributed by atoms with Crippen LogP contribution in [0.1, 0.15) is 15.9 Å². The van der Waals surface area contributed by atoms with Crippen LogP contribution in [0.3, 0.4) is 0 Å². The largest absolute Gasteiger partial charge is 0.319 e. The molecule has 0 aromatic heterocycles. The SMILES string of the molecule is Cc1cc(S(=O)(=O)Nc2ccc(C(=O)Nc3cc(F)c(F)cc3F)cc2)ccc1F. The zero-order chi connectivity index (χ0) is 22.1. The fraction of sp³-hybridized carbons (Fsp3) is 0.0500. The predicted molar refractivity (Wildman–Crippen MR) is 103 cm³/mol. The van der Waals surface area contributed by atoms with E-state index in [0.717, 1.165) is 12.1 Å². The van der Waals surface area contributed by atoms with E-state index in [1.807, 2.05) is 0 Å². The van der Waals surface area contributed by atoms with Gasteiger partial charge in [-0.2, -0.15) is 0 Å². The number of anilines is 2. The first-order valence-corrected chi connectivity index (χ1v) is 9.90. The number of carbonyl (C=O) groups is 1. The molecule has 2 N–H and O–H groups in total. The van der Waals surface area contributed by atoms with Crippen LogP contribution in [0.5, 0.6) is 0 Å². The van der Waals surface area contributed by atoms with Crippen molar-refractivity contribution in [3.05, 3.63) is 89.0 Å². The Morgan fingerprint density at radius 3 is 2.07 bits per heavy atom. The summed E-state index contributed by atoms with van der Waals surface area (Å²) in [5, 5.41) is 2.10. The molecule has 0 spiro atoms. The molecule has 0 heterocycles. The van der Waals surface area contributed by atoms with Gasteiger partial charge in [0.1, 0.15) is 11.6 Å². The normalized spacial score (nSPS) is 11.2. The maximum Gasteiger partial charge on any atom is 0.261 e. The van der Waals surface area contributed by atoms with Gasteiger partial charge in [-0.25, -0.2) is 26.0 Å². The summed E-state index contributed by atoms with van der Waals surface area (Å²) in [6, 6.07) is 9.21. The van der Waals surface area contributed by atoms with Crippen LogP contribution < -0.4 is 10.0 Å². The van der Waals surface area contributed by atoms with E-state index in [9.17, 15) is 30.8 Å². The summed E-state index contributed by atoms with van der Waals surface area (Å²) in [5.74, 6) is -5.22. The van der Waals surface area contributed by atoms with Crippen LogP contribution in [0.4, 0.5) is 28.9 Å². The number of hydrogen-bond donors (Lipinski definition) is 2. The smallest absolute Gasteiger partial charge is 0.261 e. The molecule has 0 bridgehead atoms. The number of halogens is 4. The van der Waals surface area contributed by atoms with E-state index in [0.29, 0.717) is 12.1 Å². The van der Waals surface area contributed by atoms with Gasteiger partial charge in [-0.1, -0.05) is 0 Å². The second-order valence-electron chi connectivity index (χ2n) is 6.29. The summed E-state index contributed by atoms with van der Waals surface area (Å²) in [5.41, 5.74) is -0.253. The molecule has 0 fully saturated rings. The number of carbonyl (C=O) groups excluding carboxylic acids is 1. The molecule has 5 nitrogen and oxygen atoms in total.